The number of fused-ring (bicyclic) bond motifs is 1. The summed E-state index contributed by atoms with van der Waals surface area (Å²) in [7, 11) is 1.39. The van der Waals surface area contributed by atoms with Crippen LogP contribution in [0, 0.1) is 5.92 Å². The molecular weight excluding hydrogens is 334 g/mol. The number of carbonyl (C=O) groups excluding carboxylic acids is 1. The smallest absolute Gasteiger partial charge is 0.357 e. The maximum atomic E-state index is 12.5. The van der Waals surface area contributed by atoms with Gasteiger partial charge in [0.2, 0.25) is 0 Å². The van der Waals surface area contributed by atoms with Crippen molar-refractivity contribution < 1.29 is 9.53 Å². The quantitative estimate of drug-likeness (QED) is 0.599. The van der Waals surface area contributed by atoms with Crippen molar-refractivity contribution in [2.45, 2.75) is 19.3 Å². The van der Waals surface area contributed by atoms with Gasteiger partial charge in [0.1, 0.15) is 0 Å². The Balaban J connectivity index is 2.07. The molecule has 1 saturated carbocycles. The number of benzene rings is 2. The second-order valence-corrected chi connectivity index (χ2v) is 6.92. The molecule has 0 amide bonds. The van der Waals surface area contributed by atoms with Crippen LogP contribution in [0.4, 0.5) is 0 Å². The fraction of sp³-hybridized carbons (Fsp3) is 0.238. The van der Waals surface area contributed by atoms with E-state index in [0.717, 1.165) is 34.0 Å². The summed E-state index contributed by atoms with van der Waals surface area (Å²) in [5.74, 6) is 0.255. The van der Waals surface area contributed by atoms with E-state index in [4.69, 9.17) is 16.3 Å². The molecule has 0 atom stereocenters. The summed E-state index contributed by atoms with van der Waals surface area (Å²) in [6.07, 6.45) is 3.38. The van der Waals surface area contributed by atoms with E-state index >= 15 is 0 Å². The molecule has 3 nitrogen and oxygen atoms in total. The number of esters is 1. The van der Waals surface area contributed by atoms with Crippen molar-refractivity contribution in [3.05, 3.63) is 64.8 Å². The van der Waals surface area contributed by atoms with Gasteiger partial charge in [-0.15, -0.1) is 0 Å². The highest BCUT2D eigenvalue weighted by atomic mass is 35.5. The van der Waals surface area contributed by atoms with E-state index in [2.05, 4.69) is 4.98 Å². The van der Waals surface area contributed by atoms with Gasteiger partial charge in [0, 0.05) is 16.0 Å². The molecule has 0 unspecified atom stereocenters. The van der Waals surface area contributed by atoms with Gasteiger partial charge in [-0.1, -0.05) is 41.9 Å². The fourth-order valence-corrected chi connectivity index (χ4v) is 3.46. The molecule has 1 fully saturated rings. The molecule has 0 radical (unpaired) electrons. The summed E-state index contributed by atoms with van der Waals surface area (Å²) in [5.41, 5.74) is 4.14. The predicted octanol–water partition coefficient (Wildman–Crippen LogP) is 5.29. The van der Waals surface area contributed by atoms with Crippen LogP contribution < -0.4 is 0 Å². The molecule has 0 spiro atoms. The first-order chi connectivity index (χ1) is 12.2. The average Bonchev–Trinajstić information content (AvgIpc) is 3.46. The molecule has 1 aliphatic carbocycles. The van der Waals surface area contributed by atoms with Gasteiger partial charge in [0.25, 0.3) is 0 Å². The summed E-state index contributed by atoms with van der Waals surface area (Å²) in [5, 5.41) is 1.70. The molecule has 3 aromatic rings. The van der Waals surface area contributed by atoms with Gasteiger partial charge < -0.3 is 4.74 Å². The molecular formula is C21H18ClNO2. The lowest BCUT2D eigenvalue weighted by Crippen LogP contribution is -2.10. The van der Waals surface area contributed by atoms with E-state index in [-0.39, 0.29) is 0 Å². The maximum absolute atomic E-state index is 12.5. The Morgan fingerprint density at radius 3 is 2.64 bits per heavy atom. The van der Waals surface area contributed by atoms with Crippen LogP contribution in [-0.2, 0) is 11.2 Å². The van der Waals surface area contributed by atoms with E-state index in [1.807, 2.05) is 42.5 Å². The Morgan fingerprint density at radius 1 is 1.20 bits per heavy atom. The van der Waals surface area contributed by atoms with Crippen LogP contribution in [0.1, 0.15) is 28.9 Å². The zero-order valence-corrected chi connectivity index (χ0v) is 14.7. The molecule has 0 bridgehead atoms. The Labute approximate surface area is 151 Å². The highest BCUT2D eigenvalue weighted by Crippen LogP contribution is 2.40. The second-order valence-electron chi connectivity index (χ2n) is 6.48. The Morgan fingerprint density at radius 2 is 1.96 bits per heavy atom. The first-order valence-electron chi connectivity index (χ1n) is 8.43. The number of carbonyl (C=O) groups is 1. The molecule has 0 N–H and O–H groups in total. The molecule has 126 valence electrons. The van der Waals surface area contributed by atoms with Crippen molar-refractivity contribution in [3.8, 4) is 11.1 Å². The maximum Gasteiger partial charge on any atom is 0.357 e. The van der Waals surface area contributed by atoms with Gasteiger partial charge in [-0.3, -0.25) is 0 Å². The molecule has 1 aromatic heterocycles. The van der Waals surface area contributed by atoms with Crippen molar-refractivity contribution >= 4 is 28.5 Å². The lowest BCUT2D eigenvalue weighted by Gasteiger charge is -2.17. The van der Waals surface area contributed by atoms with E-state index < -0.39 is 5.97 Å². The molecule has 0 saturated heterocycles. The highest BCUT2D eigenvalue weighted by Gasteiger charge is 2.28. The molecule has 1 aliphatic rings. The SMILES string of the molecule is COC(=O)c1nc2ccc(Cl)cc2c(CC2CC2)c1-c1ccccc1. The minimum absolute atomic E-state index is 0.374. The first kappa shape index (κ1) is 16.1. The Hall–Kier alpha value is -2.39. The van der Waals surface area contributed by atoms with E-state index in [0.29, 0.717) is 16.6 Å². The number of ether oxygens (including phenoxy) is 1. The van der Waals surface area contributed by atoms with Gasteiger partial charge in [-0.2, -0.15) is 0 Å². The highest BCUT2D eigenvalue weighted by molar-refractivity contribution is 6.31. The molecule has 0 aliphatic heterocycles. The summed E-state index contributed by atoms with van der Waals surface area (Å²) in [4.78, 5) is 17.1. The molecule has 2 aromatic carbocycles. The number of nitrogens with zero attached hydrogens (tertiary/aromatic N) is 1. The third-order valence-electron chi connectivity index (χ3n) is 4.69. The predicted molar refractivity (Wildman–Crippen MR) is 100.0 cm³/mol. The number of hydrogen-bond donors (Lipinski definition) is 0. The minimum atomic E-state index is -0.409. The topological polar surface area (TPSA) is 39.2 Å². The number of rotatable bonds is 4. The molecule has 1 heterocycles. The normalized spacial score (nSPS) is 13.8. The lowest BCUT2D eigenvalue weighted by atomic mass is 9.91. The molecule has 4 heteroatoms. The van der Waals surface area contributed by atoms with Crippen LogP contribution in [0.2, 0.25) is 5.02 Å². The first-order valence-corrected chi connectivity index (χ1v) is 8.81. The number of hydrogen-bond acceptors (Lipinski definition) is 3. The van der Waals surface area contributed by atoms with E-state index in [9.17, 15) is 4.79 Å². The molecule has 25 heavy (non-hydrogen) atoms. The van der Waals surface area contributed by atoms with Crippen molar-refractivity contribution in [1.82, 2.24) is 4.98 Å². The summed E-state index contributed by atoms with van der Waals surface area (Å²) in [6.45, 7) is 0. The standard InChI is InChI=1S/C21H18ClNO2/c1-25-21(24)20-19(14-5-3-2-4-6-14)17(11-13-7-8-13)16-12-15(22)9-10-18(16)23-20/h2-6,9-10,12-13H,7-8,11H2,1H3. The minimum Gasteiger partial charge on any atom is -0.464 e. The zero-order valence-electron chi connectivity index (χ0n) is 14.0. The van der Waals surface area contributed by atoms with Gasteiger partial charge in [0.05, 0.1) is 12.6 Å². The van der Waals surface area contributed by atoms with Crippen LogP contribution in [0.15, 0.2) is 48.5 Å². The zero-order chi connectivity index (χ0) is 17.4. The average molecular weight is 352 g/mol. The Bertz CT molecular complexity index is 949. The summed E-state index contributed by atoms with van der Waals surface area (Å²) >= 11 is 6.25. The van der Waals surface area contributed by atoms with Gasteiger partial charge in [-0.05, 0) is 54.5 Å². The van der Waals surface area contributed by atoms with E-state index in [1.165, 1.54) is 20.0 Å². The molecule has 4 rings (SSSR count). The van der Waals surface area contributed by atoms with Gasteiger partial charge in [-0.25, -0.2) is 9.78 Å². The van der Waals surface area contributed by atoms with Crippen LogP contribution in [0.5, 0.6) is 0 Å². The number of halogens is 1. The van der Waals surface area contributed by atoms with Gasteiger partial charge >= 0.3 is 5.97 Å². The number of aromatic nitrogens is 1. The van der Waals surface area contributed by atoms with Crippen LogP contribution in [0.25, 0.3) is 22.0 Å². The van der Waals surface area contributed by atoms with Crippen LogP contribution in [-0.4, -0.2) is 18.1 Å². The van der Waals surface area contributed by atoms with Gasteiger partial charge in [0.15, 0.2) is 5.69 Å². The monoisotopic (exact) mass is 351 g/mol. The Kier molecular flexibility index (Phi) is 4.18. The van der Waals surface area contributed by atoms with Crippen molar-refractivity contribution in [3.63, 3.8) is 0 Å². The van der Waals surface area contributed by atoms with Crippen molar-refractivity contribution in [1.29, 1.82) is 0 Å². The lowest BCUT2D eigenvalue weighted by molar-refractivity contribution is 0.0595. The summed E-state index contributed by atoms with van der Waals surface area (Å²) < 4.78 is 5.02. The van der Waals surface area contributed by atoms with Crippen molar-refractivity contribution in [2.24, 2.45) is 5.92 Å². The van der Waals surface area contributed by atoms with Crippen LogP contribution in [0.3, 0.4) is 0 Å². The number of pyridine rings is 1. The summed E-state index contributed by atoms with van der Waals surface area (Å²) in [6, 6.07) is 15.6. The number of methoxy groups -OCH3 is 1. The fourth-order valence-electron chi connectivity index (χ4n) is 3.28. The largest absolute Gasteiger partial charge is 0.464 e. The van der Waals surface area contributed by atoms with Crippen LogP contribution >= 0.6 is 11.6 Å². The van der Waals surface area contributed by atoms with Crippen molar-refractivity contribution in [2.75, 3.05) is 7.11 Å². The third kappa shape index (κ3) is 3.12. The van der Waals surface area contributed by atoms with E-state index in [1.54, 1.807) is 6.07 Å². The third-order valence-corrected chi connectivity index (χ3v) is 4.92. The second kappa shape index (κ2) is 6.49.